The Kier molecular flexibility index (Phi) is 7.25. The third-order valence-corrected chi connectivity index (χ3v) is 3.05. The first-order valence-electron chi connectivity index (χ1n) is 7.44. The van der Waals surface area contributed by atoms with Crippen molar-refractivity contribution in [1.82, 2.24) is 14.9 Å². The summed E-state index contributed by atoms with van der Waals surface area (Å²) in [6.45, 7) is 3.31. The van der Waals surface area contributed by atoms with Crippen LogP contribution in [0.5, 0.6) is 0 Å². The van der Waals surface area contributed by atoms with Gasteiger partial charge in [-0.15, -0.1) is 0 Å². The predicted molar refractivity (Wildman–Crippen MR) is 84.4 cm³/mol. The van der Waals surface area contributed by atoms with Crippen LogP contribution in [0, 0.1) is 5.41 Å². The maximum atomic E-state index is 12.1. The van der Waals surface area contributed by atoms with Crippen molar-refractivity contribution in [1.29, 1.82) is 5.41 Å². The monoisotopic (exact) mass is 338 g/mol. The number of ketones is 1. The summed E-state index contributed by atoms with van der Waals surface area (Å²) in [6, 6.07) is -1.10. The minimum absolute atomic E-state index is 0.0273. The molecule has 0 fully saturated rings. The fourth-order valence-electron chi connectivity index (χ4n) is 1.88. The van der Waals surface area contributed by atoms with Crippen LogP contribution in [-0.4, -0.2) is 50.7 Å². The summed E-state index contributed by atoms with van der Waals surface area (Å²) in [5.74, 6) is -2.00. The highest BCUT2D eigenvalue weighted by atomic mass is 16.5. The van der Waals surface area contributed by atoms with Gasteiger partial charge in [-0.25, -0.2) is 9.78 Å². The first kappa shape index (κ1) is 19.5. The summed E-state index contributed by atoms with van der Waals surface area (Å²) >= 11 is 0. The van der Waals surface area contributed by atoms with Gasteiger partial charge in [0, 0.05) is 19.7 Å². The molecule has 1 rings (SSSR count). The SMILES string of the molecule is CC(C)OC(=O)[C@H](CCC(=O)C=N)NC(=O)[C@@H](O)c1cn(C)cn1. The molecule has 0 aromatic carbocycles. The summed E-state index contributed by atoms with van der Waals surface area (Å²) in [5.41, 5.74) is 0.140. The van der Waals surface area contributed by atoms with Crippen LogP contribution >= 0.6 is 0 Å². The fourth-order valence-corrected chi connectivity index (χ4v) is 1.88. The average molecular weight is 338 g/mol. The molecule has 0 aliphatic heterocycles. The van der Waals surface area contributed by atoms with Gasteiger partial charge < -0.3 is 25.1 Å². The molecule has 1 aromatic heterocycles. The number of nitrogens with one attached hydrogen (secondary N) is 2. The largest absolute Gasteiger partial charge is 0.461 e. The number of carbonyl (C=O) groups is 3. The third kappa shape index (κ3) is 5.92. The molecule has 0 unspecified atom stereocenters. The lowest BCUT2D eigenvalue weighted by atomic mass is 10.1. The Balaban J connectivity index is 2.77. The molecular formula is C15H22N4O5. The van der Waals surface area contributed by atoms with Crippen LogP contribution in [0.2, 0.25) is 0 Å². The number of carbonyl (C=O) groups excluding carboxylic acids is 3. The topological polar surface area (TPSA) is 134 Å². The number of aryl methyl sites for hydroxylation is 1. The highest BCUT2D eigenvalue weighted by Gasteiger charge is 2.28. The lowest BCUT2D eigenvalue weighted by Gasteiger charge is -2.20. The Morgan fingerprint density at radius 3 is 2.62 bits per heavy atom. The Morgan fingerprint density at radius 2 is 2.12 bits per heavy atom. The van der Waals surface area contributed by atoms with E-state index in [4.69, 9.17) is 10.1 Å². The number of hydrogen-bond donors (Lipinski definition) is 3. The summed E-state index contributed by atoms with van der Waals surface area (Å²) in [4.78, 5) is 39.3. The molecule has 0 saturated heterocycles. The minimum atomic E-state index is -1.54. The molecule has 0 saturated carbocycles. The van der Waals surface area contributed by atoms with Crippen LogP contribution in [0.3, 0.4) is 0 Å². The lowest BCUT2D eigenvalue weighted by molar-refractivity contribution is -0.152. The molecular weight excluding hydrogens is 316 g/mol. The molecule has 1 aromatic rings. The number of ether oxygens (including phenoxy) is 1. The van der Waals surface area contributed by atoms with Crippen molar-refractivity contribution in [2.24, 2.45) is 7.05 Å². The van der Waals surface area contributed by atoms with Crippen molar-refractivity contribution in [3.8, 4) is 0 Å². The molecule has 24 heavy (non-hydrogen) atoms. The van der Waals surface area contributed by atoms with Gasteiger partial charge in [0.1, 0.15) is 6.04 Å². The van der Waals surface area contributed by atoms with E-state index >= 15 is 0 Å². The van der Waals surface area contributed by atoms with Gasteiger partial charge in [-0.3, -0.25) is 9.59 Å². The summed E-state index contributed by atoms with van der Waals surface area (Å²) < 4.78 is 6.61. The molecule has 9 heteroatoms. The van der Waals surface area contributed by atoms with E-state index in [1.807, 2.05) is 0 Å². The van der Waals surface area contributed by atoms with Crippen molar-refractivity contribution in [2.45, 2.75) is 44.9 Å². The Labute approximate surface area is 139 Å². The van der Waals surface area contributed by atoms with Crippen LogP contribution in [-0.2, 0) is 26.2 Å². The zero-order valence-electron chi connectivity index (χ0n) is 13.9. The minimum Gasteiger partial charge on any atom is -0.461 e. The van der Waals surface area contributed by atoms with Gasteiger partial charge in [0.25, 0.3) is 5.91 Å². The Bertz CT molecular complexity index is 611. The van der Waals surface area contributed by atoms with E-state index in [-0.39, 0.29) is 18.5 Å². The van der Waals surface area contributed by atoms with E-state index in [0.29, 0.717) is 6.21 Å². The van der Waals surface area contributed by atoms with E-state index in [9.17, 15) is 19.5 Å². The number of esters is 1. The number of rotatable bonds is 9. The van der Waals surface area contributed by atoms with Gasteiger partial charge in [0.2, 0.25) is 0 Å². The van der Waals surface area contributed by atoms with Crippen LogP contribution in [0.15, 0.2) is 12.5 Å². The van der Waals surface area contributed by atoms with Crippen molar-refractivity contribution in [3.05, 3.63) is 18.2 Å². The van der Waals surface area contributed by atoms with Crippen LogP contribution < -0.4 is 5.32 Å². The summed E-state index contributed by atoms with van der Waals surface area (Å²) in [6.07, 6.45) is 1.50. The maximum absolute atomic E-state index is 12.1. The number of aromatic nitrogens is 2. The van der Waals surface area contributed by atoms with Gasteiger partial charge in [-0.2, -0.15) is 0 Å². The third-order valence-electron chi connectivity index (χ3n) is 3.05. The second-order valence-electron chi connectivity index (χ2n) is 5.56. The maximum Gasteiger partial charge on any atom is 0.328 e. The lowest BCUT2D eigenvalue weighted by Crippen LogP contribution is -2.44. The fraction of sp³-hybridized carbons (Fsp3) is 0.533. The van der Waals surface area contributed by atoms with Gasteiger partial charge in [-0.05, 0) is 20.3 Å². The Hall–Kier alpha value is -2.55. The van der Waals surface area contributed by atoms with Gasteiger partial charge in [0.15, 0.2) is 11.9 Å². The molecule has 0 spiro atoms. The molecule has 3 N–H and O–H groups in total. The molecule has 0 bridgehead atoms. The number of imidazole rings is 1. The number of hydrogen-bond acceptors (Lipinski definition) is 7. The molecule has 2 atom stereocenters. The number of aliphatic hydroxyl groups is 1. The predicted octanol–water partition coefficient (Wildman–Crippen LogP) is -0.111. The zero-order chi connectivity index (χ0) is 18.3. The second kappa shape index (κ2) is 8.92. The molecule has 1 amide bonds. The normalized spacial score (nSPS) is 13.2. The van der Waals surface area contributed by atoms with E-state index in [2.05, 4.69) is 10.3 Å². The molecule has 0 radical (unpaired) electrons. The standard InChI is InChI=1S/C15H22N4O5/c1-9(2)24-15(23)11(5-4-10(20)6-16)18-14(22)13(21)12-7-19(3)8-17-12/h6-9,11,13,16,21H,4-5H2,1-3H3,(H,18,22)/t11-,13-/m0/s1. The van der Waals surface area contributed by atoms with Gasteiger partial charge in [-0.1, -0.05) is 0 Å². The van der Waals surface area contributed by atoms with Crippen molar-refractivity contribution >= 4 is 23.9 Å². The van der Waals surface area contributed by atoms with Crippen molar-refractivity contribution in [2.75, 3.05) is 0 Å². The molecule has 132 valence electrons. The van der Waals surface area contributed by atoms with Crippen LogP contribution in [0.1, 0.15) is 38.5 Å². The highest BCUT2D eigenvalue weighted by Crippen LogP contribution is 2.11. The van der Waals surface area contributed by atoms with E-state index in [0.717, 1.165) is 0 Å². The first-order chi connectivity index (χ1) is 11.2. The van der Waals surface area contributed by atoms with Crippen molar-refractivity contribution < 1.29 is 24.2 Å². The molecule has 9 nitrogen and oxygen atoms in total. The summed E-state index contributed by atoms with van der Waals surface area (Å²) in [7, 11) is 1.69. The number of amides is 1. The number of nitrogens with zero attached hydrogens (tertiary/aromatic N) is 2. The van der Waals surface area contributed by atoms with E-state index < -0.39 is 35.9 Å². The first-order valence-corrected chi connectivity index (χ1v) is 7.44. The van der Waals surface area contributed by atoms with Gasteiger partial charge >= 0.3 is 5.97 Å². The van der Waals surface area contributed by atoms with Crippen LogP contribution in [0.4, 0.5) is 0 Å². The average Bonchev–Trinajstić information content (AvgIpc) is 2.95. The Morgan fingerprint density at radius 1 is 1.46 bits per heavy atom. The van der Waals surface area contributed by atoms with Crippen molar-refractivity contribution in [3.63, 3.8) is 0 Å². The molecule has 0 aliphatic carbocycles. The van der Waals surface area contributed by atoms with Gasteiger partial charge in [0.05, 0.1) is 24.3 Å². The highest BCUT2D eigenvalue weighted by molar-refractivity contribution is 6.26. The van der Waals surface area contributed by atoms with Crippen LogP contribution in [0.25, 0.3) is 0 Å². The van der Waals surface area contributed by atoms with E-state index in [1.165, 1.54) is 12.5 Å². The smallest absolute Gasteiger partial charge is 0.328 e. The molecule has 1 heterocycles. The zero-order valence-corrected chi connectivity index (χ0v) is 13.9. The quantitative estimate of drug-likeness (QED) is 0.425. The van der Waals surface area contributed by atoms with E-state index in [1.54, 1.807) is 25.5 Å². The number of aliphatic hydroxyl groups excluding tert-OH is 1. The second-order valence-corrected chi connectivity index (χ2v) is 5.56. The molecule has 0 aliphatic rings. The summed E-state index contributed by atoms with van der Waals surface area (Å²) in [5, 5.41) is 19.2. The number of Topliss-reactive ketones (excluding diaryl/α,β-unsaturated/α-hetero) is 1.